The molecule has 0 aliphatic rings. The van der Waals surface area contributed by atoms with E-state index in [0.717, 1.165) is 44.9 Å². The molecule has 2 nitrogen and oxygen atoms in total. The van der Waals surface area contributed by atoms with Crippen LogP contribution in [-0.4, -0.2) is 17.0 Å². The van der Waals surface area contributed by atoms with E-state index in [0.29, 0.717) is 6.42 Å². The molecule has 1 N–H and O–H groups in total. The summed E-state index contributed by atoms with van der Waals surface area (Å²) < 4.78 is 0. The van der Waals surface area contributed by atoms with Crippen LogP contribution in [0, 0.1) is 0 Å². The van der Waals surface area contributed by atoms with Gasteiger partial charge in [0.05, 0.1) is 6.10 Å². The molecule has 0 radical (unpaired) electrons. The third-order valence-electron chi connectivity index (χ3n) is 4.12. The van der Waals surface area contributed by atoms with Crippen LogP contribution in [0.25, 0.3) is 0 Å². The molecule has 0 unspecified atom stereocenters. The van der Waals surface area contributed by atoms with Crippen LogP contribution >= 0.6 is 0 Å². The van der Waals surface area contributed by atoms with E-state index in [-0.39, 0.29) is 11.9 Å². The van der Waals surface area contributed by atoms with Crippen molar-refractivity contribution in [1.29, 1.82) is 0 Å². The molecule has 0 aliphatic carbocycles. The van der Waals surface area contributed by atoms with Crippen LogP contribution in [0.15, 0.2) is 12.2 Å². The van der Waals surface area contributed by atoms with Crippen molar-refractivity contribution in [3.8, 4) is 0 Å². The van der Waals surface area contributed by atoms with Gasteiger partial charge in [-0.15, -0.1) is 0 Å². The molecule has 130 valence electrons. The lowest BCUT2D eigenvalue weighted by atomic mass is 10.0. The Morgan fingerprint density at radius 3 is 2.27 bits per heavy atom. The Hall–Kier alpha value is -0.630. The van der Waals surface area contributed by atoms with E-state index in [1.54, 1.807) is 6.92 Å². The molecular formula is C20H38O2. The molecule has 0 aromatic rings. The second-order valence-electron chi connectivity index (χ2n) is 6.57. The zero-order chi connectivity index (χ0) is 16.5. The van der Waals surface area contributed by atoms with E-state index < -0.39 is 0 Å². The molecule has 0 bridgehead atoms. The average Bonchev–Trinajstić information content (AvgIpc) is 2.48. The van der Waals surface area contributed by atoms with E-state index in [9.17, 15) is 9.90 Å². The summed E-state index contributed by atoms with van der Waals surface area (Å²) in [6.07, 6.45) is 20.1. The Morgan fingerprint density at radius 2 is 1.55 bits per heavy atom. The van der Waals surface area contributed by atoms with E-state index in [1.807, 2.05) is 0 Å². The van der Waals surface area contributed by atoms with Gasteiger partial charge in [-0.25, -0.2) is 0 Å². The van der Waals surface area contributed by atoms with Gasteiger partial charge in [-0.05, 0) is 39.0 Å². The predicted molar refractivity (Wildman–Crippen MR) is 96.1 cm³/mol. The predicted octanol–water partition coefficient (Wildman–Crippen LogP) is 5.97. The number of aliphatic hydroxyl groups excluding tert-OH is 1. The average molecular weight is 311 g/mol. The smallest absolute Gasteiger partial charge is 0.129 e. The maximum Gasteiger partial charge on any atom is 0.129 e. The van der Waals surface area contributed by atoms with Gasteiger partial charge in [0, 0.05) is 6.42 Å². The molecule has 1 atom stereocenters. The van der Waals surface area contributed by atoms with Crippen LogP contribution in [0.5, 0.6) is 0 Å². The van der Waals surface area contributed by atoms with Crippen LogP contribution in [0.1, 0.15) is 104 Å². The fourth-order valence-electron chi connectivity index (χ4n) is 2.64. The van der Waals surface area contributed by atoms with Gasteiger partial charge in [0.25, 0.3) is 0 Å². The lowest BCUT2D eigenvalue weighted by Crippen LogP contribution is -2.04. The van der Waals surface area contributed by atoms with Crippen molar-refractivity contribution in [1.82, 2.24) is 0 Å². The van der Waals surface area contributed by atoms with Crippen molar-refractivity contribution in [2.75, 3.05) is 0 Å². The van der Waals surface area contributed by atoms with Gasteiger partial charge >= 0.3 is 0 Å². The lowest BCUT2D eigenvalue weighted by Gasteiger charge is -2.07. The van der Waals surface area contributed by atoms with Crippen LogP contribution in [0.2, 0.25) is 0 Å². The second-order valence-corrected chi connectivity index (χ2v) is 6.57. The standard InChI is InChI=1S/C20H38O2/c1-3-4-5-6-7-8-9-10-14-17-20(22)18-15-12-11-13-16-19(2)21/h10,14,20,22H,3-9,11-13,15-18H2,1-2H3/b14-10-/t20-/m0/s1. The first-order valence-electron chi connectivity index (χ1n) is 9.49. The highest BCUT2D eigenvalue weighted by atomic mass is 16.3. The summed E-state index contributed by atoms with van der Waals surface area (Å²) in [5.74, 6) is 0.288. The molecule has 0 amide bonds. The number of rotatable bonds is 16. The zero-order valence-electron chi connectivity index (χ0n) is 15.0. The number of allylic oxidation sites excluding steroid dienone is 1. The van der Waals surface area contributed by atoms with Crippen molar-refractivity contribution in [3.05, 3.63) is 12.2 Å². The first kappa shape index (κ1) is 21.4. The van der Waals surface area contributed by atoms with E-state index in [4.69, 9.17) is 0 Å². The van der Waals surface area contributed by atoms with Crippen molar-refractivity contribution >= 4 is 5.78 Å². The van der Waals surface area contributed by atoms with Gasteiger partial charge < -0.3 is 9.90 Å². The summed E-state index contributed by atoms with van der Waals surface area (Å²) in [7, 11) is 0. The fourth-order valence-corrected chi connectivity index (χ4v) is 2.64. The van der Waals surface area contributed by atoms with Gasteiger partial charge in [-0.3, -0.25) is 0 Å². The molecule has 0 heterocycles. The number of carbonyl (C=O) groups excluding carboxylic acids is 1. The molecule has 0 saturated carbocycles. The number of unbranched alkanes of at least 4 members (excludes halogenated alkanes) is 9. The minimum absolute atomic E-state index is 0.186. The van der Waals surface area contributed by atoms with Crippen molar-refractivity contribution in [3.63, 3.8) is 0 Å². The number of aliphatic hydroxyl groups is 1. The van der Waals surface area contributed by atoms with Crippen LogP contribution in [-0.2, 0) is 4.79 Å². The molecule has 0 aromatic carbocycles. The number of hydrogen-bond donors (Lipinski definition) is 1. The molecule has 0 saturated heterocycles. The van der Waals surface area contributed by atoms with Crippen LogP contribution < -0.4 is 0 Å². The molecule has 0 fully saturated rings. The van der Waals surface area contributed by atoms with E-state index in [1.165, 1.54) is 38.5 Å². The topological polar surface area (TPSA) is 37.3 Å². The van der Waals surface area contributed by atoms with E-state index in [2.05, 4.69) is 19.1 Å². The second kappa shape index (κ2) is 16.7. The maximum atomic E-state index is 10.8. The van der Waals surface area contributed by atoms with Gasteiger partial charge in [0.1, 0.15) is 5.78 Å². The molecule has 0 rings (SSSR count). The largest absolute Gasteiger partial charge is 0.393 e. The quantitative estimate of drug-likeness (QED) is 0.281. The lowest BCUT2D eigenvalue weighted by molar-refractivity contribution is -0.117. The third-order valence-corrected chi connectivity index (χ3v) is 4.12. The summed E-state index contributed by atoms with van der Waals surface area (Å²) in [4.78, 5) is 10.8. The molecule has 0 aromatic heterocycles. The first-order valence-corrected chi connectivity index (χ1v) is 9.49. The van der Waals surface area contributed by atoms with Crippen molar-refractivity contribution in [2.45, 2.75) is 110 Å². The van der Waals surface area contributed by atoms with Gasteiger partial charge in [-0.1, -0.05) is 70.4 Å². The van der Waals surface area contributed by atoms with E-state index >= 15 is 0 Å². The third kappa shape index (κ3) is 17.4. The maximum absolute atomic E-state index is 10.8. The van der Waals surface area contributed by atoms with Crippen LogP contribution in [0.4, 0.5) is 0 Å². The summed E-state index contributed by atoms with van der Waals surface area (Å²) in [6.45, 7) is 3.90. The number of hydrogen-bond acceptors (Lipinski definition) is 2. The highest BCUT2D eigenvalue weighted by molar-refractivity contribution is 5.75. The summed E-state index contributed by atoms with van der Waals surface area (Å²) in [5.41, 5.74) is 0. The molecule has 22 heavy (non-hydrogen) atoms. The Balaban J connectivity index is 3.28. The Labute approximate surface area is 138 Å². The number of ketones is 1. The number of carbonyl (C=O) groups is 1. The Kier molecular flexibility index (Phi) is 16.3. The monoisotopic (exact) mass is 310 g/mol. The summed E-state index contributed by atoms with van der Waals surface area (Å²) in [6, 6.07) is 0. The summed E-state index contributed by atoms with van der Waals surface area (Å²) in [5, 5.41) is 9.89. The molecule has 2 heteroatoms. The van der Waals surface area contributed by atoms with Gasteiger partial charge in [0.2, 0.25) is 0 Å². The minimum atomic E-state index is -0.186. The van der Waals surface area contributed by atoms with Crippen molar-refractivity contribution < 1.29 is 9.90 Å². The fraction of sp³-hybridized carbons (Fsp3) is 0.850. The zero-order valence-corrected chi connectivity index (χ0v) is 15.0. The highest BCUT2D eigenvalue weighted by Gasteiger charge is 2.01. The van der Waals surface area contributed by atoms with Gasteiger partial charge in [0.15, 0.2) is 0 Å². The minimum Gasteiger partial charge on any atom is -0.393 e. The first-order chi connectivity index (χ1) is 10.7. The Morgan fingerprint density at radius 1 is 0.909 bits per heavy atom. The molecule has 0 spiro atoms. The van der Waals surface area contributed by atoms with Gasteiger partial charge in [-0.2, -0.15) is 0 Å². The normalized spacial score (nSPS) is 12.9. The van der Waals surface area contributed by atoms with Crippen molar-refractivity contribution in [2.24, 2.45) is 0 Å². The number of Topliss-reactive ketones (excluding diaryl/α,β-unsaturated/α-hetero) is 1. The highest BCUT2D eigenvalue weighted by Crippen LogP contribution is 2.11. The Bertz CT molecular complexity index is 271. The molecular weight excluding hydrogens is 272 g/mol. The summed E-state index contributed by atoms with van der Waals surface area (Å²) >= 11 is 0. The molecule has 0 aliphatic heterocycles. The van der Waals surface area contributed by atoms with Crippen LogP contribution in [0.3, 0.4) is 0 Å². The SMILES string of the molecule is CCCCCCCC/C=C\C[C@H](O)CCCCCCC(C)=O.